The fourth-order valence-electron chi connectivity index (χ4n) is 3.38. The van der Waals surface area contributed by atoms with Crippen molar-refractivity contribution < 1.29 is 62.0 Å². The minimum atomic E-state index is -1.66. The number of aliphatic hydroxyl groups excluding tert-OH is 4. The van der Waals surface area contributed by atoms with Gasteiger partial charge in [0.15, 0.2) is 0 Å². The molecule has 2 aromatic carbocycles. The van der Waals surface area contributed by atoms with Crippen molar-refractivity contribution in [2.75, 3.05) is 6.61 Å². The minimum Gasteiger partial charge on any atom is -1.00 e. The Balaban J connectivity index is 0.00000193. The lowest BCUT2D eigenvalue weighted by Gasteiger charge is -2.39. The Kier molecular flexibility index (Phi) is 8.55. The maximum Gasteiger partial charge on any atom is 0.402 e. The third-order valence-electron chi connectivity index (χ3n) is 5.04. The minimum absolute atomic E-state index is 0. The van der Waals surface area contributed by atoms with E-state index in [1.165, 1.54) is 36.4 Å². The summed E-state index contributed by atoms with van der Waals surface area (Å²) < 4.78 is 17.0. The highest BCUT2D eigenvalue weighted by atomic mass is 35.5. The van der Waals surface area contributed by atoms with Crippen molar-refractivity contribution in [3.63, 3.8) is 0 Å². The molecule has 0 radical (unpaired) electrons. The van der Waals surface area contributed by atoms with Crippen molar-refractivity contribution in [2.24, 2.45) is 0 Å². The van der Waals surface area contributed by atoms with Gasteiger partial charge in [-0.15, -0.1) is 12.4 Å². The number of phenolic OH excluding ortho intramolecular Hbond substituents is 3. The zero-order valence-electron chi connectivity index (χ0n) is 16.8. The molecular weight excluding hydrogens is 483 g/mol. The van der Waals surface area contributed by atoms with E-state index < -0.39 is 37.3 Å². The molecule has 1 aromatic heterocycles. The van der Waals surface area contributed by atoms with Crippen molar-refractivity contribution in [3.8, 4) is 34.3 Å². The van der Waals surface area contributed by atoms with Crippen LogP contribution in [0.5, 0.6) is 23.0 Å². The van der Waals surface area contributed by atoms with E-state index in [0.29, 0.717) is 5.56 Å². The lowest BCUT2D eigenvalue weighted by molar-refractivity contribution is -0.277. The van der Waals surface area contributed by atoms with Crippen LogP contribution in [0.15, 0.2) is 46.9 Å². The van der Waals surface area contributed by atoms with E-state index in [1.54, 1.807) is 0 Å². The van der Waals surface area contributed by atoms with Crippen LogP contribution in [0.4, 0.5) is 0 Å². The Morgan fingerprint density at radius 2 is 1.55 bits per heavy atom. The van der Waals surface area contributed by atoms with Gasteiger partial charge in [-0.1, -0.05) is 0 Å². The van der Waals surface area contributed by atoms with Crippen molar-refractivity contribution in [1.82, 2.24) is 0 Å². The summed E-state index contributed by atoms with van der Waals surface area (Å²) >= 11 is 0. The second kappa shape index (κ2) is 10.6. The highest BCUT2D eigenvalue weighted by molar-refractivity contribution is 5.88. The molecule has 0 aliphatic carbocycles. The number of aromatic hydroxyl groups is 3. The van der Waals surface area contributed by atoms with E-state index >= 15 is 0 Å². The van der Waals surface area contributed by atoms with E-state index in [1.807, 2.05) is 0 Å². The fourth-order valence-corrected chi connectivity index (χ4v) is 3.38. The third-order valence-corrected chi connectivity index (χ3v) is 5.04. The Morgan fingerprint density at radius 1 is 0.879 bits per heavy atom. The van der Waals surface area contributed by atoms with E-state index in [0.717, 1.165) is 6.07 Å². The second-order valence-corrected chi connectivity index (χ2v) is 7.18. The van der Waals surface area contributed by atoms with Crippen molar-refractivity contribution >= 4 is 23.4 Å². The average molecular weight is 505 g/mol. The van der Waals surface area contributed by atoms with Crippen LogP contribution < -0.4 is 17.1 Å². The van der Waals surface area contributed by atoms with Gasteiger partial charge in [-0.25, -0.2) is 4.42 Å². The van der Waals surface area contributed by atoms with Crippen LogP contribution in [0.25, 0.3) is 22.3 Å². The molecule has 2 heterocycles. The summed E-state index contributed by atoms with van der Waals surface area (Å²) in [6.07, 6.45) is -7.52. The van der Waals surface area contributed by atoms with Crippen LogP contribution >= 0.6 is 12.4 Å². The largest absolute Gasteiger partial charge is 1.00 e. The van der Waals surface area contributed by atoms with E-state index in [4.69, 9.17) is 13.9 Å². The maximum absolute atomic E-state index is 10.3. The number of rotatable bonds is 4. The maximum atomic E-state index is 10.3. The molecule has 180 valence electrons. The van der Waals surface area contributed by atoms with Gasteiger partial charge in [0.2, 0.25) is 12.0 Å². The van der Waals surface area contributed by atoms with Gasteiger partial charge in [0.1, 0.15) is 47.1 Å². The lowest BCUT2D eigenvalue weighted by Crippen LogP contribution is -3.00. The van der Waals surface area contributed by atoms with E-state index in [-0.39, 0.29) is 64.5 Å². The first-order chi connectivity index (χ1) is 14.8. The summed E-state index contributed by atoms with van der Waals surface area (Å²) in [4.78, 5) is 0. The van der Waals surface area contributed by atoms with Crippen molar-refractivity contribution in [1.29, 1.82) is 0 Å². The number of hydrogen-bond acceptors (Lipinski definition) is 9. The second-order valence-electron chi connectivity index (χ2n) is 7.18. The summed E-state index contributed by atoms with van der Waals surface area (Å²) in [6, 6.07) is 9.66. The first-order valence-electron chi connectivity index (χ1n) is 9.38. The summed E-state index contributed by atoms with van der Waals surface area (Å²) in [6.45, 7) is -0.627. The number of phenols is 3. The van der Waals surface area contributed by atoms with Gasteiger partial charge in [-0.3, -0.25) is 0 Å². The molecule has 1 aliphatic rings. The molecule has 3 aromatic rings. The summed E-state index contributed by atoms with van der Waals surface area (Å²) in [5.74, 6) is -0.420. The molecule has 0 amide bonds. The summed E-state index contributed by atoms with van der Waals surface area (Å²) in [5.41, 5.74) is 0.573. The number of halogens is 2. The first kappa shape index (κ1) is 26.7. The SMILES string of the molecule is Cl.OC[C@H]1O[C@@H](Oc2cc3c(O)cc(O)cc3[o+]c2-c2ccc(O)cc2)[C@H](O)[C@@H](O)[C@@H]1O.[Cl-]. The number of aliphatic hydroxyl groups is 4. The van der Waals surface area contributed by atoms with Crippen molar-refractivity contribution in [3.05, 3.63) is 42.5 Å². The highest BCUT2D eigenvalue weighted by Gasteiger charge is 2.45. The molecule has 7 N–H and O–H groups in total. The Hall–Kier alpha value is -2.57. The quantitative estimate of drug-likeness (QED) is 0.199. The van der Waals surface area contributed by atoms with Gasteiger partial charge >= 0.3 is 11.3 Å². The van der Waals surface area contributed by atoms with E-state index in [2.05, 4.69) is 0 Å². The molecule has 0 unspecified atom stereocenters. The van der Waals surface area contributed by atoms with Gasteiger partial charge in [-0.05, 0) is 24.3 Å². The predicted octanol–water partition coefficient (Wildman–Crippen LogP) is -1.90. The molecule has 0 bridgehead atoms. The van der Waals surface area contributed by atoms with Crippen LogP contribution in [0.3, 0.4) is 0 Å². The smallest absolute Gasteiger partial charge is 0.402 e. The molecule has 1 aliphatic heterocycles. The van der Waals surface area contributed by atoms with Crippen LogP contribution in [-0.2, 0) is 4.74 Å². The molecule has 33 heavy (non-hydrogen) atoms. The molecule has 4 rings (SSSR count). The Morgan fingerprint density at radius 3 is 2.18 bits per heavy atom. The molecule has 10 nitrogen and oxygen atoms in total. The van der Waals surface area contributed by atoms with E-state index in [9.17, 15) is 35.7 Å². The predicted molar refractivity (Wildman–Crippen MR) is 113 cm³/mol. The summed E-state index contributed by atoms with van der Waals surface area (Å²) in [5, 5.41) is 69.4. The molecule has 1 fully saturated rings. The highest BCUT2D eigenvalue weighted by Crippen LogP contribution is 2.40. The molecule has 0 spiro atoms. The number of hydrogen-bond donors (Lipinski definition) is 7. The zero-order chi connectivity index (χ0) is 22.3. The number of fused-ring (bicyclic) bond motifs is 1. The molecule has 1 saturated heterocycles. The monoisotopic (exact) mass is 504 g/mol. The van der Waals surface area contributed by atoms with Gasteiger partial charge in [-0.2, -0.15) is 0 Å². The van der Waals surface area contributed by atoms with Gasteiger partial charge in [0, 0.05) is 12.1 Å². The van der Waals surface area contributed by atoms with Gasteiger partial charge in [0.25, 0.3) is 0 Å². The molecular formula is C21H22Cl2O10. The van der Waals surface area contributed by atoms with Crippen LogP contribution in [0, 0.1) is 0 Å². The fraction of sp³-hybridized carbons (Fsp3) is 0.286. The standard InChI is InChI=1S/C21H20O10.2ClH/c22-8-16-17(26)18(27)19(28)21(31-16)30-15-7-12-13(25)5-11(24)6-14(12)29-20(15)9-1-3-10(23)4-2-9;;/h1-7,16-19,21-22,26-28H,8H2,(H2-,23,24,25);2*1H/t16-,17-,18+,19-,21-;;/m1../s1. The van der Waals surface area contributed by atoms with Crippen molar-refractivity contribution in [2.45, 2.75) is 30.7 Å². The Bertz CT molecular complexity index is 1090. The van der Waals surface area contributed by atoms with Crippen LogP contribution in [0.2, 0.25) is 0 Å². The lowest BCUT2D eigenvalue weighted by atomic mass is 9.99. The molecule has 5 atom stereocenters. The first-order valence-corrected chi connectivity index (χ1v) is 9.38. The topological polar surface area (TPSA) is 171 Å². The summed E-state index contributed by atoms with van der Waals surface area (Å²) in [7, 11) is 0. The van der Waals surface area contributed by atoms with Gasteiger partial charge < -0.3 is 57.6 Å². The molecule has 0 saturated carbocycles. The van der Waals surface area contributed by atoms with Crippen LogP contribution in [-0.4, -0.2) is 73.1 Å². The Labute approximate surface area is 199 Å². The average Bonchev–Trinajstić information content (AvgIpc) is 2.74. The third kappa shape index (κ3) is 5.17. The molecule has 12 heteroatoms. The zero-order valence-corrected chi connectivity index (χ0v) is 18.3. The number of benzene rings is 2. The van der Waals surface area contributed by atoms with Crippen LogP contribution in [0.1, 0.15) is 0 Å². The van der Waals surface area contributed by atoms with Gasteiger partial charge in [0.05, 0.1) is 18.2 Å². The normalized spacial score (nSPS) is 24.5. The number of ether oxygens (including phenoxy) is 2.